The molecule has 1 heterocycles. The number of ether oxygens (including phenoxy) is 3. The number of aliphatic hydroxyl groups is 5. The van der Waals surface area contributed by atoms with Crippen molar-refractivity contribution in [2.45, 2.75) is 230 Å². The quantitative estimate of drug-likeness (QED) is 0.0198. The van der Waals surface area contributed by atoms with Crippen molar-refractivity contribution in [1.29, 1.82) is 0 Å². The van der Waals surface area contributed by atoms with E-state index in [9.17, 15) is 35.1 Å². The number of allylic oxidation sites excluding steroid dienone is 9. The zero-order chi connectivity index (χ0) is 45.3. The van der Waals surface area contributed by atoms with E-state index in [1.54, 1.807) is 6.08 Å². The van der Waals surface area contributed by atoms with Crippen molar-refractivity contribution in [2.75, 3.05) is 19.8 Å². The van der Waals surface area contributed by atoms with E-state index < -0.39 is 49.5 Å². The number of hydrogen-bond donors (Lipinski definition) is 6. The van der Waals surface area contributed by atoms with Gasteiger partial charge in [0.05, 0.1) is 32.0 Å². The molecule has 1 fully saturated rings. The lowest BCUT2D eigenvalue weighted by Gasteiger charge is -2.40. The Labute approximate surface area is 376 Å². The molecule has 358 valence electrons. The van der Waals surface area contributed by atoms with Gasteiger partial charge in [0.2, 0.25) is 5.91 Å². The van der Waals surface area contributed by atoms with Crippen molar-refractivity contribution < 1.29 is 49.3 Å². The van der Waals surface area contributed by atoms with Crippen LogP contribution in [0.3, 0.4) is 0 Å². The molecule has 1 saturated heterocycles. The number of rotatable bonds is 40. The van der Waals surface area contributed by atoms with E-state index >= 15 is 0 Å². The zero-order valence-electron chi connectivity index (χ0n) is 38.8. The van der Waals surface area contributed by atoms with E-state index in [4.69, 9.17) is 14.2 Å². The highest BCUT2D eigenvalue weighted by Gasteiger charge is 2.44. The fraction of sp³-hybridized carbons (Fsp3) is 0.765. The first-order valence-electron chi connectivity index (χ1n) is 24.6. The molecule has 1 rings (SSSR count). The lowest BCUT2D eigenvalue weighted by Crippen LogP contribution is -2.60. The van der Waals surface area contributed by atoms with Gasteiger partial charge in [-0.25, -0.2) is 0 Å². The molecule has 1 aliphatic rings. The van der Waals surface area contributed by atoms with E-state index in [1.165, 1.54) is 83.5 Å². The van der Waals surface area contributed by atoms with E-state index in [2.05, 4.69) is 55.6 Å². The monoisotopic (exact) mass is 876 g/mol. The standard InChI is InChI=1S/C51H89NO10/c1-3-5-7-9-11-13-18-23-27-31-35-39-47(56)60-40-36-32-28-24-20-17-15-16-19-22-26-30-34-38-46(55)52-43(42-61-51-50(59)49(58)48(57)45(41-53)62-51)44(54)37-33-29-25-21-14-12-10-8-6-4-2/h9,11,14,16,19,21,26,30,33,37,43-45,48-51,53-54,57-59H,3-8,10,12-13,15,17-18,20,22-25,27-29,31-32,34-36,38-42H2,1-2H3,(H,52,55)/b11-9-,19-16-,21-14+,30-26-,37-33+. The van der Waals surface area contributed by atoms with Gasteiger partial charge >= 0.3 is 5.97 Å². The van der Waals surface area contributed by atoms with Crippen LogP contribution in [-0.4, -0.2) is 100 Å². The van der Waals surface area contributed by atoms with Crippen molar-refractivity contribution in [1.82, 2.24) is 5.32 Å². The summed E-state index contributed by atoms with van der Waals surface area (Å²) < 4.78 is 16.6. The molecular formula is C51H89NO10. The summed E-state index contributed by atoms with van der Waals surface area (Å²) in [6, 6.07) is -0.871. The third-order valence-corrected chi connectivity index (χ3v) is 11.1. The Balaban J connectivity index is 2.25. The molecule has 1 amide bonds. The van der Waals surface area contributed by atoms with Crippen LogP contribution in [0.2, 0.25) is 0 Å². The van der Waals surface area contributed by atoms with E-state index in [0.717, 1.165) is 70.6 Å². The SMILES string of the molecule is CCCC/C=C\CCCCCCCC(=O)OCCCCCCCC/C=C\C/C=C\CCC(=O)NC(COC1OC(CO)C(O)C(O)C1O)C(O)/C=C/CC/C=C/CCCCCC. The summed E-state index contributed by atoms with van der Waals surface area (Å²) in [4.78, 5) is 24.9. The van der Waals surface area contributed by atoms with Crippen LogP contribution < -0.4 is 5.32 Å². The van der Waals surface area contributed by atoms with E-state index in [-0.39, 0.29) is 24.9 Å². The molecule has 11 heteroatoms. The highest BCUT2D eigenvalue weighted by Crippen LogP contribution is 2.22. The maximum absolute atomic E-state index is 12.9. The van der Waals surface area contributed by atoms with Gasteiger partial charge in [-0.15, -0.1) is 0 Å². The summed E-state index contributed by atoms with van der Waals surface area (Å²) in [5, 5.41) is 54.0. The predicted molar refractivity (Wildman–Crippen MR) is 250 cm³/mol. The molecule has 0 bridgehead atoms. The van der Waals surface area contributed by atoms with Crippen LogP contribution >= 0.6 is 0 Å². The summed E-state index contributed by atoms with van der Waals surface area (Å²) in [6.07, 6.45) is 40.3. The van der Waals surface area contributed by atoms with Crippen molar-refractivity contribution >= 4 is 11.9 Å². The molecule has 0 radical (unpaired) electrons. The van der Waals surface area contributed by atoms with Gasteiger partial charge in [-0.05, 0) is 83.5 Å². The number of hydrogen-bond acceptors (Lipinski definition) is 10. The molecule has 0 aromatic carbocycles. The second-order valence-corrected chi connectivity index (χ2v) is 16.8. The van der Waals surface area contributed by atoms with Gasteiger partial charge in [-0.2, -0.15) is 0 Å². The Bertz CT molecular complexity index is 1220. The number of unbranched alkanes of at least 4 members (excludes halogenated alkanes) is 18. The smallest absolute Gasteiger partial charge is 0.305 e. The summed E-state index contributed by atoms with van der Waals surface area (Å²) in [6.45, 7) is 4.12. The molecule has 0 saturated carbocycles. The lowest BCUT2D eigenvalue weighted by molar-refractivity contribution is -0.302. The normalized spacial score (nSPS) is 20.7. The first-order chi connectivity index (χ1) is 30.2. The minimum absolute atomic E-state index is 0.0531. The number of carbonyl (C=O) groups is 2. The lowest BCUT2D eigenvalue weighted by atomic mass is 9.99. The fourth-order valence-electron chi connectivity index (χ4n) is 7.07. The second-order valence-electron chi connectivity index (χ2n) is 16.8. The number of carbonyl (C=O) groups excluding carboxylic acids is 2. The Morgan fingerprint density at radius 3 is 1.77 bits per heavy atom. The molecule has 1 aliphatic heterocycles. The van der Waals surface area contributed by atoms with Gasteiger partial charge in [0.25, 0.3) is 0 Å². The third kappa shape index (κ3) is 31.2. The van der Waals surface area contributed by atoms with Crippen LogP contribution in [0.5, 0.6) is 0 Å². The van der Waals surface area contributed by atoms with Crippen molar-refractivity contribution in [3.8, 4) is 0 Å². The van der Waals surface area contributed by atoms with Crippen LogP contribution in [0.4, 0.5) is 0 Å². The van der Waals surface area contributed by atoms with E-state index in [1.807, 2.05) is 18.2 Å². The summed E-state index contributed by atoms with van der Waals surface area (Å²) in [5.41, 5.74) is 0. The van der Waals surface area contributed by atoms with Gasteiger partial charge < -0.3 is 45.1 Å². The van der Waals surface area contributed by atoms with Crippen molar-refractivity contribution in [2.24, 2.45) is 0 Å². The molecule has 0 aliphatic carbocycles. The minimum Gasteiger partial charge on any atom is -0.466 e. The Hall–Kier alpha value is -2.64. The fourth-order valence-corrected chi connectivity index (χ4v) is 7.07. The molecule has 11 nitrogen and oxygen atoms in total. The Morgan fingerprint density at radius 2 is 1.13 bits per heavy atom. The van der Waals surface area contributed by atoms with Gasteiger partial charge in [-0.1, -0.05) is 152 Å². The Morgan fingerprint density at radius 1 is 0.597 bits per heavy atom. The molecule has 0 spiro atoms. The highest BCUT2D eigenvalue weighted by atomic mass is 16.7. The first-order valence-corrected chi connectivity index (χ1v) is 24.6. The van der Waals surface area contributed by atoms with Crippen LogP contribution in [0.1, 0.15) is 187 Å². The second kappa shape index (κ2) is 41.1. The molecule has 6 N–H and O–H groups in total. The number of nitrogens with one attached hydrogen (secondary N) is 1. The molecular weight excluding hydrogens is 787 g/mol. The molecule has 7 unspecified atom stereocenters. The minimum atomic E-state index is -1.59. The average Bonchev–Trinajstić information content (AvgIpc) is 3.27. The number of amides is 1. The van der Waals surface area contributed by atoms with Gasteiger partial charge in [-0.3, -0.25) is 9.59 Å². The summed E-state index contributed by atoms with van der Waals surface area (Å²) in [5.74, 6) is -0.331. The van der Waals surface area contributed by atoms with Crippen LogP contribution in [-0.2, 0) is 23.8 Å². The van der Waals surface area contributed by atoms with Gasteiger partial charge in [0.1, 0.15) is 24.4 Å². The molecule has 62 heavy (non-hydrogen) atoms. The van der Waals surface area contributed by atoms with E-state index in [0.29, 0.717) is 19.4 Å². The van der Waals surface area contributed by atoms with Crippen LogP contribution in [0.25, 0.3) is 0 Å². The molecule has 0 aromatic heterocycles. The van der Waals surface area contributed by atoms with Crippen LogP contribution in [0.15, 0.2) is 60.8 Å². The maximum atomic E-state index is 12.9. The largest absolute Gasteiger partial charge is 0.466 e. The topological polar surface area (TPSA) is 175 Å². The summed E-state index contributed by atoms with van der Waals surface area (Å²) in [7, 11) is 0. The van der Waals surface area contributed by atoms with Crippen molar-refractivity contribution in [3.63, 3.8) is 0 Å². The zero-order valence-corrected chi connectivity index (χ0v) is 38.8. The first kappa shape index (κ1) is 57.4. The predicted octanol–water partition coefficient (Wildman–Crippen LogP) is 9.55. The number of esters is 1. The van der Waals surface area contributed by atoms with Gasteiger partial charge in [0, 0.05) is 12.8 Å². The van der Waals surface area contributed by atoms with Crippen LogP contribution in [0, 0.1) is 0 Å². The third-order valence-electron chi connectivity index (χ3n) is 11.1. The highest BCUT2D eigenvalue weighted by molar-refractivity contribution is 5.76. The number of aliphatic hydroxyl groups excluding tert-OH is 5. The molecule has 7 atom stereocenters. The molecule has 0 aromatic rings. The Kier molecular flexibility index (Phi) is 38.0. The summed E-state index contributed by atoms with van der Waals surface area (Å²) >= 11 is 0. The average molecular weight is 876 g/mol. The van der Waals surface area contributed by atoms with Gasteiger partial charge in [0.15, 0.2) is 6.29 Å². The van der Waals surface area contributed by atoms with Crippen molar-refractivity contribution in [3.05, 3.63) is 60.8 Å². The maximum Gasteiger partial charge on any atom is 0.305 e.